The molecule has 1 heterocycles. The molecular weight excluding hydrogens is 250 g/mol. The van der Waals surface area contributed by atoms with Gasteiger partial charge in [0.05, 0.1) is 12.5 Å². The van der Waals surface area contributed by atoms with E-state index in [1.807, 2.05) is 17.0 Å². The van der Waals surface area contributed by atoms with Gasteiger partial charge in [-0.15, -0.1) is 0 Å². The van der Waals surface area contributed by atoms with Crippen molar-refractivity contribution >= 4 is 5.91 Å². The molecule has 1 aromatic carbocycles. The molecule has 1 saturated carbocycles. The Bertz CT molecular complexity index is 486. The monoisotopic (exact) mass is 273 g/mol. The predicted molar refractivity (Wildman–Crippen MR) is 78.4 cm³/mol. The average molecular weight is 273 g/mol. The first-order valence-electron chi connectivity index (χ1n) is 7.60. The molecule has 20 heavy (non-hydrogen) atoms. The fourth-order valence-corrected chi connectivity index (χ4v) is 3.46. The highest BCUT2D eigenvalue weighted by Gasteiger charge is 2.47. The molecule has 1 atom stereocenters. The number of aliphatic hydroxyl groups excluding tert-OH is 1. The summed E-state index contributed by atoms with van der Waals surface area (Å²) in [6.07, 6.45) is 4.37. The van der Waals surface area contributed by atoms with E-state index in [4.69, 9.17) is 0 Å². The molecule has 1 aliphatic carbocycles. The Morgan fingerprint density at radius 2 is 1.90 bits per heavy atom. The van der Waals surface area contributed by atoms with Gasteiger partial charge in [0.25, 0.3) is 0 Å². The third kappa shape index (κ3) is 2.47. The molecule has 1 saturated heterocycles. The van der Waals surface area contributed by atoms with Crippen LogP contribution in [0.3, 0.4) is 0 Å². The van der Waals surface area contributed by atoms with Crippen LogP contribution in [0.15, 0.2) is 24.3 Å². The van der Waals surface area contributed by atoms with Gasteiger partial charge in [0.15, 0.2) is 0 Å². The minimum Gasteiger partial charge on any atom is -0.393 e. The molecule has 1 aliphatic heterocycles. The summed E-state index contributed by atoms with van der Waals surface area (Å²) < 4.78 is 0. The van der Waals surface area contributed by atoms with Gasteiger partial charge in [0.1, 0.15) is 0 Å². The van der Waals surface area contributed by atoms with Crippen LogP contribution < -0.4 is 0 Å². The van der Waals surface area contributed by atoms with Gasteiger partial charge in [-0.25, -0.2) is 0 Å². The molecule has 1 spiro atoms. The molecule has 1 unspecified atom stereocenters. The van der Waals surface area contributed by atoms with E-state index in [0.29, 0.717) is 6.42 Å². The summed E-state index contributed by atoms with van der Waals surface area (Å²) >= 11 is 0. The Morgan fingerprint density at radius 3 is 2.40 bits per heavy atom. The number of carbonyl (C=O) groups excluding carboxylic acids is 1. The lowest BCUT2D eigenvalue weighted by Crippen LogP contribution is -2.53. The van der Waals surface area contributed by atoms with Crippen LogP contribution in [0.1, 0.15) is 36.8 Å². The highest BCUT2D eigenvalue weighted by molar-refractivity contribution is 5.78. The Labute approximate surface area is 120 Å². The highest BCUT2D eigenvalue weighted by atomic mass is 16.3. The van der Waals surface area contributed by atoms with Crippen LogP contribution in [0.5, 0.6) is 0 Å². The van der Waals surface area contributed by atoms with Gasteiger partial charge in [0.2, 0.25) is 5.91 Å². The van der Waals surface area contributed by atoms with Crippen molar-refractivity contribution in [1.29, 1.82) is 0 Å². The second kappa shape index (κ2) is 5.21. The van der Waals surface area contributed by atoms with Crippen LogP contribution in [-0.4, -0.2) is 35.1 Å². The first kappa shape index (κ1) is 13.6. The van der Waals surface area contributed by atoms with Gasteiger partial charge in [-0.05, 0) is 43.6 Å². The summed E-state index contributed by atoms with van der Waals surface area (Å²) in [5.41, 5.74) is 2.45. The highest BCUT2D eigenvalue weighted by Crippen LogP contribution is 2.49. The van der Waals surface area contributed by atoms with Crippen molar-refractivity contribution in [1.82, 2.24) is 4.90 Å². The molecule has 0 bridgehead atoms. The first-order valence-corrected chi connectivity index (χ1v) is 7.60. The number of rotatable bonds is 2. The summed E-state index contributed by atoms with van der Waals surface area (Å²) in [5, 5.41) is 9.91. The lowest BCUT2D eigenvalue weighted by atomic mass is 9.61. The van der Waals surface area contributed by atoms with Crippen LogP contribution in [0.2, 0.25) is 0 Å². The van der Waals surface area contributed by atoms with Crippen molar-refractivity contribution in [3.05, 3.63) is 35.4 Å². The summed E-state index contributed by atoms with van der Waals surface area (Å²) in [7, 11) is 0. The molecular formula is C17H23NO2. The fraction of sp³-hybridized carbons (Fsp3) is 0.588. The lowest BCUT2D eigenvalue weighted by Gasteiger charge is -2.51. The van der Waals surface area contributed by atoms with Gasteiger partial charge in [-0.2, -0.15) is 0 Å². The molecule has 2 fully saturated rings. The molecule has 1 amide bonds. The van der Waals surface area contributed by atoms with E-state index in [0.717, 1.165) is 44.3 Å². The van der Waals surface area contributed by atoms with E-state index in [-0.39, 0.29) is 17.4 Å². The van der Waals surface area contributed by atoms with E-state index in [1.165, 1.54) is 5.56 Å². The Kier molecular flexibility index (Phi) is 3.55. The molecule has 0 aromatic heterocycles. The summed E-state index contributed by atoms with van der Waals surface area (Å²) in [6, 6.07) is 8.18. The van der Waals surface area contributed by atoms with Crippen molar-refractivity contribution in [2.45, 2.75) is 45.1 Å². The number of carbonyl (C=O) groups is 1. The lowest BCUT2D eigenvalue weighted by molar-refractivity contribution is -0.140. The van der Waals surface area contributed by atoms with E-state index in [1.54, 1.807) is 0 Å². The first-order chi connectivity index (χ1) is 9.59. The standard InChI is InChI=1S/C17H23NO2/c1-13-2-4-14(5-3-13)12-16(20)18-10-8-17(9-11-18)7-6-15(17)19/h2-5,15,19H,6-12H2,1H3. The van der Waals surface area contributed by atoms with Crippen LogP contribution >= 0.6 is 0 Å². The third-order valence-electron chi connectivity index (χ3n) is 5.21. The molecule has 1 N–H and O–H groups in total. The van der Waals surface area contributed by atoms with Crippen molar-refractivity contribution < 1.29 is 9.90 Å². The predicted octanol–water partition coefficient (Wildman–Crippen LogP) is 2.30. The maximum Gasteiger partial charge on any atom is 0.226 e. The summed E-state index contributed by atoms with van der Waals surface area (Å²) in [4.78, 5) is 14.3. The van der Waals surface area contributed by atoms with Gasteiger partial charge < -0.3 is 10.0 Å². The minimum atomic E-state index is -0.128. The number of hydrogen-bond donors (Lipinski definition) is 1. The van der Waals surface area contributed by atoms with Crippen LogP contribution in [0, 0.1) is 12.3 Å². The zero-order chi connectivity index (χ0) is 14.2. The zero-order valence-corrected chi connectivity index (χ0v) is 12.1. The van der Waals surface area contributed by atoms with Crippen LogP contribution in [0.25, 0.3) is 0 Å². The number of aliphatic hydroxyl groups is 1. The van der Waals surface area contributed by atoms with Gasteiger partial charge in [0, 0.05) is 13.1 Å². The number of nitrogens with zero attached hydrogens (tertiary/aromatic N) is 1. The summed E-state index contributed by atoms with van der Waals surface area (Å²) in [6.45, 7) is 3.67. The fourth-order valence-electron chi connectivity index (χ4n) is 3.46. The van der Waals surface area contributed by atoms with E-state index < -0.39 is 0 Å². The number of hydrogen-bond acceptors (Lipinski definition) is 2. The number of likely N-dealkylation sites (tertiary alicyclic amines) is 1. The van der Waals surface area contributed by atoms with Crippen LogP contribution in [-0.2, 0) is 11.2 Å². The molecule has 0 radical (unpaired) electrons. The molecule has 3 heteroatoms. The molecule has 1 aromatic rings. The van der Waals surface area contributed by atoms with E-state index in [9.17, 15) is 9.90 Å². The van der Waals surface area contributed by atoms with Crippen molar-refractivity contribution in [2.24, 2.45) is 5.41 Å². The van der Waals surface area contributed by atoms with Crippen molar-refractivity contribution in [3.63, 3.8) is 0 Å². The molecule has 3 nitrogen and oxygen atoms in total. The second-order valence-electron chi connectivity index (χ2n) is 6.46. The van der Waals surface area contributed by atoms with E-state index in [2.05, 4.69) is 19.1 Å². The Balaban J connectivity index is 1.55. The zero-order valence-electron chi connectivity index (χ0n) is 12.1. The molecule has 108 valence electrons. The number of amides is 1. The molecule has 2 aliphatic rings. The Hall–Kier alpha value is -1.35. The normalized spacial score (nSPS) is 24.5. The maximum atomic E-state index is 12.3. The smallest absolute Gasteiger partial charge is 0.226 e. The number of piperidine rings is 1. The van der Waals surface area contributed by atoms with Crippen molar-refractivity contribution in [3.8, 4) is 0 Å². The van der Waals surface area contributed by atoms with Gasteiger partial charge in [-0.3, -0.25) is 4.79 Å². The number of benzene rings is 1. The van der Waals surface area contributed by atoms with Crippen LogP contribution in [0.4, 0.5) is 0 Å². The molecule has 3 rings (SSSR count). The van der Waals surface area contributed by atoms with Gasteiger partial charge in [-0.1, -0.05) is 29.8 Å². The van der Waals surface area contributed by atoms with E-state index >= 15 is 0 Å². The Morgan fingerprint density at radius 1 is 1.25 bits per heavy atom. The minimum absolute atomic E-state index is 0.128. The average Bonchev–Trinajstić information content (AvgIpc) is 2.48. The van der Waals surface area contributed by atoms with Crippen molar-refractivity contribution in [2.75, 3.05) is 13.1 Å². The largest absolute Gasteiger partial charge is 0.393 e. The third-order valence-corrected chi connectivity index (χ3v) is 5.21. The van der Waals surface area contributed by atoms with Gasteiger partial charge >= 0.3 is 0 Å². The SMILES string of the molecule is Cc1ccc(CC(=O)N2CCC3(CCC3O)CC2)cc1. The topological polar surface area (TPSA) is 40.5 Å². The quantitative estimate of drug-likeness (QED) is 0.898. The number of aryl methyl sites for hydroxylation is 1. The second-order valence-corrected chi connectivity index (χ2v) is 6.46. The summed E-state index contributed by atoms with van der Waals surface area (Å²) in [5.74, 6) is 0.220. The maximum absolute atomic E-state index is 12.3.